The zero-order chi connectivity index (χ0) is 16.2. The predicted molar refractivity (Wildman–Crippen MR) is 101 cm³/mol. The summed E-state index contributed by atoms with van der Waals surface area (Å²) in [5.74, 6) is 0.979. The van der Waals surface area contributed by atoms with Crippen LogP contribution in [0.5, 0.6) is 0 Å². The monoisotopic (exact) mass is 343 g/mol. The first-order valence-corrected chi connectivity index (χ1v) is 9.71. The summed E-state index contributed by atoms with van der Waals surface area (Å²) in [5, 5.41) is 3.05. The second-order valence-corrected chi connectivity index (χ2v) is 8.04. The number of thioether (sulfide) groups is 1. The first-order valence-electron chi connectivity index (χ1n) is 7.90. The lowest BCUT2D eigenvalue weighted by Gasteiger charge is -2.13. The van der Waals surface area contributed by atoms with Crippen molar-refractivity contribution in [1.29, 1.82) is 0 Å². The van der Waals surface area contributed by atoms with Crippen LogP contribution >= 0.6 is 23.1 Å². The minimum Gasteiger partial charge on any atom is -0.352 e. The van der Waals surface area contributed by atoms with Crippen molar-refractivity contribution in [1.82, 2.24) is 5.32 Å². The molecule has 2 heterocycles. The van der Waals surface area contributed by atoms with E-state index < -0.39 is 0 Å². The van der Waals surface area contributed by atoms with Crippen LogP contribution in [0.4, 0.5) is 0 Å². The number of benzene rings is 1. The highest BCUT2D eigenvalue weighted by atomic mass is 32.2. The van der Waals surface area contributed by atoms with Crippen molar-refractivity contribution in [3.05, 3.63) is 61.7 Å². The number of carbonyl (C=O) groups is 1. The van der Waals surface area contributed by atoms with Crippen molar-refractivity contribution in [3.63, 3.8) is 0 Å². The normalized spacial score (nSPS) is 13.4. The van der Waals surface area contributed by atoms with Gasteiger partial charge in [-0.2, -0.15) is 0 Å². The summed E-state index contributed by atoms with van der Waals surface area (Å²) < 4.78 is 0. The van der Waals surface area contributed by atoms with Crippen LogP contribution in [0.15, 0.2) is 35.2 Å². The van der Waals surface area contributed by atoms with Gasteiger partial charge in [-0.05, 0) is 49.5 Å². The molecule has 0 fully saturated rings. The first-order chi connectivity index (χ1) is 11.1. The van der Waals surface area contributed by atoms with E-state index in [0.29, 0.717) is 0 Å². The van der Waals surface area contributed by atoms with Gasteiger partial charge in [0, 0.05) is 22.1 Å². The van der Waals surface area contributed by atoms with Gasteiger partial charge in [-0.15, -0.1) is 23.1 Å². The second-order valence-electron chi connectivity index (χ2n) is 5.77. The number of carbonyl (C=O) groups excluding carboxylic acids is 1. The Morgan fingerprint density at radius 2 is 2.00 bits per heavy atom. The van der Waals surface area contributed by atoms with Gasteiger partial charge in [-0.3, -0.25) is 4.79 Å². The average Bonchev–Trinajstić information content (AvgIpc) is 2.86. The summed E-state index contributed by atoms with van der Waals surface area (Å²) >= 11 is 3.45. The smallest absolute Gasteiger partial charge is 0.257 e. The van der Waals surface area contributed by atoms with Crippen LogP contribution in [0.1, 0.15) is 32.9 Å². The van der Waals surface area contributed by atoms with Gasteiger partial charge >= 0.3 is 0 Å². The summed E-state index contributed by atoms with van der Waals surface area (Å²) in [6.07, 6.45) is 4.03. The van der Waals surface area contributed by atoms with Crippen LogP contribution in [-0.2, 0) is 17.0 Å². The average molecular weight is 344 g/mol. The van der Waals surface area contributed by atoms with E-state index >= 15 is 0 Å². The number of hydrogen-bond acceptors (Lipinski definition) is 3. The summed E-state index contributed by atoms with van der Waals surface area (Å²) in [6, 6.07) is 10.4. The summed E-state index contributed by atoms with van der Waals surface area (Å²) in [7, 11) is 0. The van der Waals surface area contributed by atoms with E-state index in [0.717, 1.165) is 30.0 Å². The van der Waals surface area contributed by atoms with Gasteiger partial charge in [-0.1, -0.05) is 30.3 Å². The van der Waals surface area contributed by atoms with E-state index in [1.807, 2.05) is 6.07 Å². The molecule has 1 N–H and O–H groups in total. The molecule has 1 aliphatic heterocycles. The lowest BCUT2D eigenvalue weighted by Crippen LogP contribution is -2.25. The van der Waals surface area contributed by atoms with Gasteiger partial charge in [-0.25, -0.2) is 0 Å². The number of amides is 1. The Labute approximate surface area is 146 Å². The Hall–Kier alpha value is -1.52. The third-order valence-corrected chi connectivity index (χ3v) is 6.41. The minimum absolute atomic E-state index is 0.0671. The van der Waals surface area contributed by atoms with Gasteiger partial charge in [0.15, 0.2) is 0 Å². The zero-order valence-corrected chi connectivity index (χ0v) is 15.2. The molecular formula is C19H21NOS2. The standard InChI is InChI=1S/C19H21NOS2/c1-13-14(2)23-17-11-18(22-12-16(13)17)19(21)20-10-6-9-15-7-4-3-5-8-15/h3-5,7-8,11H,6,9-10,12H2,1-2H3,(H,20,21). The molecule has 1 aliphatic rings. The molecule has 1 aromatic heterocycles. The Bertz CT molecular complexity index is 731. The maximum absolute atomic E-state index is 12.3. The highest BCUT2D eigenvalue weighted by molar-refractivity contribution is 8.03. The molecule has 0 bridgehead atoms. The minimum atomic E-state index is 0.0671. The summed E-state index contributed by atoms with van der Waals surface area (Å²) in [5.41, 5.74) is 4.11. The maximum Gasteiger partial charge on any atom is 0.257 e. The molecule has 2 nitrogen and oxygen atoms in total. The van der Waals surface area contributed by atoms with E-state index in [1.165, 1.54) is 26.4 Å². The third kappa shape index (κ3) is 3.88. The summed E-state index contributed by atoms with van der Waals surface area (Å²) in [6.45, 7) is 5.05. The van der Waals surface area contributed by atoms with Crippen LogP contribution in [0.3, 0.4) is 0 Å². The molecule has 0 unspecified atom stereocenters. The van der Waals surface area contributed by atoms with Crippen LogP contribution in [0.25, 0.3) is 6.08 Å². The van der Waals surface area contributed by atoms with Crippen molar-refractivity contribution in [3.8, 4) is 0 Å². The van der Waals surface area contributed by atoms with Crippen molar-refractivity contribution >= 4 is 35.1 Å². The van der Waals surface area contributed by atoms with Gasteiger partial charge < -0.3 is 5.32 Å². The van der Waals surface area contributed by atoms with Gasteiger partial charge in [0.05, 0.1) is 4.91 Å². The summed E-state index contributed by atoms with van der Waals surface area (Å²) in [4.78, 5) is 15.8. The Balaban J connectivity index is 1.53. The molecule has 0 saturated carbocycles. The molecule has 23 heavy (non-hydrogen) atoms. The number of nitrogens with one attached hydrogen (secondary N) is 1. The Morgan fingerprint density at radius 1 is 1.22 bits per heavy atom. The number of thiophene rings is 1. The SMILES string of the molecule is Cc1sc2c(c1C)CSC(C(=O)NCCCc1ccccc1)=C2. The highest BCUT2D eigenvalue weighted by Gasteiger charge is 2.20. The molecule has 1 amide bonds. The molecule has 3 rings (SSSR count). The predicted octanol–water partition coefficient (Wildman–Crippen LogP) is 4.70. The molecule has 1 aromatic carbocycles. The number of aryl methyl sites for hydroxylation is 2. The third-order valence-electron chi connectivity index (χ3n) is 4.17. The zero-order valence-electron chi connectivity index (χ0n) is 13.5. The van der Waals surface area contributed by atoms with Gasteiger partial charge in [0.25, 0.3) is 5.91 Å². The van der Waals surface area contributed by atoms with Crippen LogP contribution in [0.2, 0.25) is 0 Å². The second kappa shape index (κ2) is 7.37. The van der Waals surface area contributed by atoms with Crippen LogP contribution < -0.4 is 5.32 Å². The number of rotatable bonds is 5. The topological polar surface area (TPSA) is 29.1 Å². The molecule has 0 spiro atoms. The van der Waals surface area contributed by atoms with Gasteiger partial charge in [0.1, 0.15) is 0 Å². The number of hydrogen-bond donors (Lipinski definition) is 1. The quantitative estimate of drug-likeness (QED) is 0.797. The van der Waals surface area contributed by atoms with Crippen LogP contribution in [0, 0.1) is 13.8 Å². The fourth-order valence-electron chi connectivity index (χ4n) is 2.66. The highest BCUT2D eigenvalue weighted by Crippen LogP contribution is 2.39. The molecule has 0 radical (unpaired) electrons. The Morgan fingerprint density at radius 3 is 2.78 bits per heavy atom. The molecule has 2 aromatic rings. The fourth-order valence-corrected chi connectivity index (χ4v) is 5.04. The van der Waals surface area contributed by atoms with Crippen molar-refractivity contribution < 1.29 is 4.79 Å². The lowest BCUT2D eigenvalue weighted by atomic mass is 10.1. The van der Waals surface area contributed by atoms with E-state index in [9.17, 15) is 4.79 Å². The molecule has 4 heteroatoms. The van der Waals surface area contributed by atoms with E-state index in [4.69, 9.17) is 0 Å². The number of fused-ring (bicyclic) bond motifs is 1. The van der Waals surface area contributed by atoms with E-state index in [-0.39, 0.29) is 5.91 Å². The maximum atomic E-state index is 12.3. The largest absolute Gasteiger partial charge is 0.352 e. The molecule has 0 atom stereocenters. The Kier molecular flexibility index (Phi) is 5.23. The van der Waals surface area contributed by atoms with Crippen molar-refractivity contribution in [2.45, 2.75) is 32.4 Å². The van der Waals surface area contributed by atoms with E-state index in [1.54, 1.807) is 23.1 Å². The van der Waals surface area contributed by atoms with Crippen LogP contribution in [-0.4, -0.2) is 12.5 Å². The van der Waals surface area contributed by atoms with Crippen molar-refractivity contribution in [2.75, 3.05) is 6.54 Å². The fraction of sp³-hybridized carbons (Fsp3) is 0.316. The molecule has 0 aliphatic carbocycles. The molecule has 0 saturated heterocycles. The first kappa shape index (κ1) is 16.3. The lowest BCUT2D eigenvalue weighted by molar-refractivity contribution is -0.116. The molecular weight excluding hydrogens is 322 g/mol. The van der Waals surface area contributed by atoms with Crippen molar-refractivity contribution in [2.24, 2.45) is 0 Å². The van der Waals surface area contributed by atoms with E-state index in [2.05, 4.69) is 49.5 Å². The van der Waals surface area contributed by atoms with Gasteiger partial charge in [0.2, 0.25) is 0 Å². The molecule has 120 valence electrons.